The molecule has 1 unspecified atom stereocenters. The van der Waals surface area contributed by atoms with Crippen molar-refractivity contribution in [3.05, 3.63) is 64.7 Å². The van der Waals surface area contributed by atoms with Crippen molar-refractivity contribution in [2.45, 2.75) is 45.1 Å². The summed E-state index contributed by atoms with van der Waals surface area (Å²) in [6.07, 6.45) is 0.411. The molecule has 0 saturated heterocycles. The number of ether oxygens (including phenoxy) is 1. The monoisotopic (exact) mass is 398 g/mol. The number of hydrogen-bond donors (Lipinski definition) is 2. The highest BCUT2D eigenvalue weighted by molar-refractivity contribution is 5.65. The molecule has 154 valence electrons. The van der Waals surface area contributed by atoms with Gasteiger partial charge in [-0.2, -0.15) is 0 Å². The molecule has 2 aromatic carbocycles. The molecule has 4 rings (SSSR count). The molecule has 1 heterocycles. The molecular formula is C23H27FN2O3. The second-order valence-corrected chi connectivity index (χ2v) is 8.16. The number of rotatable bonds is 7. The fraction of sp³-hybridized carbons (Fsp3) is 0.435. The zero-order valence-electron chi connectivity index (χ0n) is 16.6. The number of carbonyl (C=O) groups is 1. The first-order valence-corrected chi connectivity index (χ1v) is 10.2. The van der Waals surface area contributed by atoms with Gasteiger partial charge in [0.1, 0.15) is 11.9 Å². The van der Waals surface area contributed by atoms with E-state index in [0.717, 1.165) is 34.6 Å². The van der Waals surface area contributed by atoms with Gasteiger partial charge in [-0.3, -0.25) is 4.90 Å². The molecule has 2 atom stereocenters. The Kier molecular flexibility index (Phi) is 5.72. The Labute approximate surface area is 170 Å². The average molecular weight is 398 g/mol. The summed E-state index contributed by atoms with van der Waals surface area (Å²) in [6, 6.07) is 13.3. The molecule has 2 aromatic rings. The van der Waals surface area contributed by atoms with E-state index in [-0.39, 0.29) is 6.04 Å². The van der Waals surface area contributed by atoms with E-state index in [9.17, 15) is 9.18 Å². The number of benzene rings is 2. The third-order valence-corrected chi connectivity index (χ3v) is 5.68. The fourth-order valence-electron chi connectivity index (χ4n) is 3.79. The topological polar surface area (TPSA) is 61.8 Å². The standard InChI is InChI=1S/C23H27FN2O3/c1-15(25-23(27)28)18-6-4-16(5-7-18)11-26-12-19-8-9-20(29-14-17-2-3-17)10-21(19)22(24)13-26/h4-10,15,17,22,25H,2-3,11-14H2,1H3,(H,27,28)/t15-,22?/m0/s1. The first kappa shape index (κ1) is 19.7. The molecular weight excluding hydrogens is 371 g/mol. The van der Waals surface area contributed by atoms with E-state index < -0.39 is 12.3 Å². The zero-order chi connectivity index (χ0) is 20.4. The van der Waals surface area contributed by atoms with Gasteiger partial charge < -0.3 is 15.2 Å². The fourth-order valence-corrected chi connectivity index (χ4v) is 3.79. The summed E-state index contributed by atoms with van der Waals surface area (Å²) in [5.41, 5.74) is 3.75. The molecule has 0 aromatic heterocycles. The Morgan fingerprint density at radius 3 is 2.72 bits per heavy atom. The Balaban J connectivity index is 1.37. The second-order valence-electron chi connectivity index (χ2n) is 8.16. The quantitative estimate of drug-likeness (QED) is 0.701. The summed E-state index contributed by atoms with van der Waals surface area (Å²) in [5.74, 6) is 1.45. The molecule has 1 fully saturated rings. The third kappa shape index (κ3) is 5.07. The van der Waals surface area contributed by atoms with Crippen LogP contribution in [0.3, 0.4) is 0 Å². The van der Waals surface area contributed by atoms with Gasteiger partial charge in [0, 0.05) is 19.6 Å². The number of amides is 1. The predicted octanol–water partition coefficient (Wildman–Crippen LogP) is 4.83. The van der Waals surface area contributed by atoms with Crippen molar-refractivity contribution in [1.82, 2.24) is 10.2 Å². The highest BCUT2D eigenvalue weighted by Crippen LogP contribution is 2.34. The van der Waals surface area contributed by atoms with E-state index in [2.05, 4.69) is 10.2 Å². The van der Waals surface area contributed by atoms with Crippen molar-refractivity contribution in [2.75, 3.05) is 13.2 Å². The molecule has 1 amide bonds. The Bertz CT molecular complexity index is 867. The average Bonchev–Trinajstić information content (AvgIpc) is 3.51. The van der Waals surface area contributed by atoms with Gasteiger partial charge >= 0.3 is 6.09 Å². The molecule has 1 saturated carbocycles. The Morgan fingerprint density at radius 1 is 1.28 bits per heavy atom. The van der Waals surface area contributed by atoms with Gasteiger partial charge in [0.15, 0.2) is 0 Å². The van der Waals surface area contributed by atoms with Crippen molar-refractivity contribution in [1.29, 1.82) is 0 Å². The molecule has 6 heteroatoms. The maximum atomic E-state index is 14.9. The Morgan fingerprint density at radius 2 is 2.03 bits per heavy atom. The molecule has 29 heavy (non-hydrogen) atoms. The van der Waals surface area contributed by atoms with Crippen molar-refractivity contribution in [3.8, 4) is 5.75 Å². The van der Waals surface area contributed by atoms with E-state index in [1.165, 1.54) is 12.8 Å². The van der Waals surface area contributed by atoms with Crippen LogP contribution in [0.15, 0.2) is 42.5 Å². The predicted molar refractivity (Wildman–Crippen MR) is 109 cm³/mol. The van der Waals surface area contributed by atoms with E-state index in [1.807, 2.05) is 42.5 Å². The minimum Gasteiger partial charge on any atom is -0.493 e. The van der Waals surface area contributed by atoms with E-state index >= 15 is 0 Å². The van der Waals surface area contributed by atoms with Gasteiger partial charge in [-0.25, -0.2) is 9.18 Å². The molecule has 0 radical (unpaired) electrons. The number of halogens is 1. The van der Waals surface area contributed by atoms with Crippen LogP contribution in [0.5, 0.6) is 5.75 Å². The normalized spacial score (nSPS) is 20.0. The van der Waals surface area contributed by atoms with Crippen LogP contribution in [0.4, 0.5) is 9.18 Å². The van der Waals surface area contributed by atoms with Crippen LogP contribution in [-0.4, -0.2) is 29.3 Å². The minimum absolute atomic E-state index is 0.269. The van der Waals surface area contributed by atoms with Gasteiger partial charge in [0.2, 0.25) is 0 Å². The largest absolute Gasteiger partial charge is 0.493 e. The van der Waals surface area contributed by atoms with Crippen LogP contribution in [-0.2, 0) is 13.1 Å². The van der Waals surface area contributed by atoms with Crippen molar-refractivity contribution in [2.24, 2.45) is 5.92 Å². The molecule has 2 aliphatic rings. The smallest absolute Gasteiger partial charge is 0.405 e. The lowest BCUT2D eigenvalue weighted by Gasteiger charge is -2.31. The van der Waals surface area contributed by atoms with E-state index in [1.54, 1.807) is 6.92 Å². The van der Waals surface area contributed by atoms with E-state index in [0.29, 0.717) is 25.6 Å². The van der Waals surface area contributed by atoms with Crippen LogP contribution in [0.2, 0.25) is 0 Å². The molecule has 0 bridgehead atoms. The van der Waals surface area contributed by atoms with Gasteiger partial charge in [0.25, 0.3) is 0 Å². The molecule has 1 aliphatic carbocycles. The molecule has 5 nitrogen and oxygen atoms in total. The number of hydrogen-bond acceptors (Lipinski definition) is 3. The van der Waals surface area contributed by atoms with Gasteiger partial charge in [-0.15, -0.1) is 0 Å². The summed E-state index contributed by atoms with van der Waals surface area (Å²) < 4.78 is 20.6. The zero-order valence-corrected chi connectivity index (χ0v) is 16.6. The molecule has 2 N–H and O–H groups in total. The van der Waals surface area contributed by atoms with Crippen molar-refractivity contribution in [3.63, 3.8) is 0 Å². The van der Waals surface area contributed by atoms with Crippen molar-refractivity contribution >= 4 is 6.09 Å². The maximum absolute atomic E-state index is 14.9. The lowest BCUT2D eigenvalue weighted by atomic mass is 9.97. The van der Waals surface area contributed by atoms with Crippen LogP contribution < -0.4 is 10.1 Å². The lowest BCUT2D eigenvalue weighted by Crippen LogP contribution is -2.31. The highest BCUT2D eigenvalue weighted by atomic mass is 19.1. The number of alkyl halides is 1. The highest BCUT2D eigenvalue weighted by Gasteiger charge is 2.26. The van der Waals surface area contributed by atoms with Gasteiger partial charge in [-0.1, -0.05) is 30.3 Å². The van der Waals surface area contributed by atoms with Crippen LogP contribution in [0, 0.1) is 5.92 Å². The number of fused-ring (bicyclic) bond motifs is 1. The molecule has 0 spiro atoms. The Hall–Kier alpha value is -2.60. The lowest BCUT2D eigenvalue weighted by molar-refractivity contribution is 0.158. The third-order valence-electron chi connectivity index (χ3n) is 5.68. The summed E-state index contributed by atoms with van der Waals surface area (Å²) in [7, 11) is 0. The van der Waals surface area contributed by atoms with Gasteiger partial charge in [-0.05, 0) is 60.1 Å². The summed E-state index contributed by atoms with van der Waals surface area (Å²) >= 11 is 0. The summed E-state index contributed by atoms with van der Waals surface area (Å²) in [6.45, 7) is 4.26. The summed E-state index contributed by atoms with van der Waals surface area (Å²) in [5, 5.41) is 11.3. The van der Waals surface area contributed by atoms with Crippen LogP contribution in [0.25, 0.3) is 0 Å². The van der Waals surface area contributed by atoms with E-state index in [4.69, 9.17) is 9.84 Å². The SMILES string of the molecule is C[C@H](NC(=O)O)c1ccc(CN2Cc3ccc(OCC4CC4)cc3C(F)C2)cc1. The first-order valence-electron chi connectivity index (χ1n) is 10.2. The van der Waals surface area contributed by atoms with Crippen LogP contribution in [0.1, 0.15) is 54.2 Å². The second kappa shape index (κ2) is 8.41. The van der Waals surface area contributed by atoms with Crippen LogP contribution >= 0.6 is 0 Å². The summed E-state index contributed by atoms with van der Waals surface area (Å²) in [4.78, 5) is 12.9. The first-order chi connectivity index (χ1) is 14.0. The van der Waals surface area contributed by atoms with Crippen molar-refractivity contribution < 1.29 is 19.0 Å². The maximum Gasteiger partial charge on any atom is 0.405 e. The number of carboxylic acid groups (broad SMARTS) is 1. The number of nitrogens with one attached hydrogen (secondary N) is 1. The minimum atomic E-state index is -1.04. The van der Waals surface area contributed by atoms with Gasteiger partial charge in [0.05, 0.1) is 12.6 Å². The molecule has 1 aliphatic heterocycles. The number of nitrogens with zero attached hydrogens (tertiary/aromatic N) is 1.